The number of esters is 1. The molecule has 0 spiro atoms. The van der Waals surface area contributed by atoms with E-state index in [-0.39, 0.29) is 27.1 Å². The normalized spacial score (nSPS) is 15.5. The number of aliphatic hydroxyl groups is 1. The zero-order valence-electron chi connectivity index (χ0n) is 19.8. The molecule has 2 aromatic heterocycles. The van der Waals surface area contributed by atoms with Crippen molar-refractivity contribution in [3.8, 4) is 11.5 Å². The van der Waals surface area contributed by atoms with E-state index in [1.807, 2.05) is 0 Å². The van der Waals surface area contributed by atoms with E-state index in [4.69, 9.17) is 13.9 Å². The van der Waals surface area contributed by atoms with E-state index in [1.165, 1.54) is 32.4 Å². The van der Waals surface area contributed by atoms with Gasteiger partial charge in [0.1, 0.15) is 10.6 Å². The highest BCUT2D eigenvalue weighted by Crippen LogP contribution is 2.44. The number of para-hydroxylation sites is 1. The fourth-order valence-corrected chi connectivity index (χ4v) is 5.27. The Morgan fingerprint density at radius 2 is 1.86 bits per heavy atom. The second kappa shape index (κ2) is 9.10. The number of Topliss-reactive ketones (excluding diaryl/α,β-unsaturated/α-hetero) is 1. The van der Waals surface area contributed by atoms with Crippen LogP contribution in [0.15, 0.2) is 64.3 Å². The van der Waals surface area contributed by atoms with Crippen molar-refractivity contribution in [2.24, 2.45) is 0 Å². The molecular formula is C26H20N2O8S. The van der Waals surface area contributed by atoms with Crippen molar-refractivity contribution in [1.82, 2.24) is 4.98 Å². The number of nitrogens with zero attached hydrogens (tertiary/aromatic N) is 2. The Labute approximate surface area is 214 Å². The minimum absolute atomic E-state index is 0.0665. The third kappa shape index (κ3) is 3.89. The first-order chi connectivity index (χ1) is 17.7. The van der Waals surface area contributed by atoms with E-state index < -0.39 is 29.5 Å². The molecule has 0 saturated heterocycles. The summed E-state index contributed by atoms with van der Waals surface area (Å²) in [6.07, 6.45) is 0. The number of anilines is 1. The molecule has 0 radical (unpaired) electrons. The number of furan rings is 1. The summed E-state index contributed by atoms with van der Waals surface area (Å²) in [7, 11) is 2.70. The second-order valence-corrected chi connectivity index (χ2v) is 9.13. The number of aliphatic hydroxyl groups excluding tert-OH is 1. The molecule has 2 aromatic carbocycles. The van der Waals surface area contributed by atoms with Crippen molar-refractivity contribution >= 4 is 45.1 Å². The molecule has 0 fully saturated rings. The number of carbonyl (C=O) groups excluding carboxylic acids is 3. The fraction of sp³-hybridized carbons (Fsp3) is 0.154. The van der Waals surface area contributed by atoms with E-state index >= 15 is 0 Å². The summed E-state index contributed by atoms with van der Waals surface area (Å²) in [6, 6.07) is 11.4. The Morgan fingerprint density at radius 1 is 1.11 bits per heavy atom. The minimum atomic E-state index is -1.17. The summed E-state index contributed by atoms with van der Waals surface area (Å²) in [5, 5.41) is 21.7. The first kappa shape index (κ1) is 24.1. The molecule has 3 heterocycles. The number of hydrogen-bond donors (Lipinski definition) is 2. The number of phenols is 1. The number of phenolic OH excluding ortho intramolecular Hbond substituents is 1. The van der Waals surface area contributed by atoms with Crippen molar-refractivity contribution in [2.45, 2.75) is 13.0 Å². The second-order valence-electron chi connectivity index (χ2n) is 8.16. The average molecular weight is 521 g/mol. The summed E-state index contributed by atoms with van der Waals surface area (Å²) < 4.78 is 15.9. The van der Waals surface area contributed by atoms with Gasteiger partial charge in [-0.3, -0.25) is 14.5 Å². The summed E-state index contributed by atoms with van der Waals surface area (Å²) in [5.41, 5.74) is 0.725. The van der Waals surface area contributed by atoms with Gasteiger partial charge in [0.2, 0.25) is 5.78 Å². The lowest BCUT2D eigenvalue weighted by molar-refractivity contribution is -0.117. The number of fused-ring (bicyclic) bond motifs is 1. The molecule has 4 aromatic rings. The summed E-state index contributed by atoms with van der Waals surface area (Å²) in [5.74, 6) is -2.87. The standard InChI is InChI=1S/C26H20N2O8S/c1-12-23(25(33)35-3)37-26(27-12)28-19(13-6-4-8-15(29)10-13)18(21(31)24(28)32)20(30)17-11-14-7-5-9-16(34-2)22(14)36-17/h4-11,19,29,31H,1-3H3/t19-/m1/s1. The molecule has 37 heavy (non-hydrogen) atoms. The number of amides is 1. The van der Waals surface area contributed by atoms with Crippen molar-refractivity contribution in [1.29, 1.82) is 0 Å². The highest BCUT2D eigenvalue weighted by Gasteiger charge is 2.47. The van der Waals surface area contributed by atoms with Crippen LogP contribution in [0.3, 0.4) is 0 Å². The average Bonchev–Trinajstić information content (AvgIpc) is 3.57. The predicted octanol–water partition coefficient (Wildman–Crippen LogP) is 4.48. The number of ketones is 1. The Kier molecular flexibility index (Phi) is 5.92. The molecule has 2 N–H and O–H groups in total. The molecule has 1 aliphatic rings. The van der Waals surface area contributed by atoms with E-state index in [0.29, 0.717) is 28.0 Å². The van der Waals surface area contributed by atoms with Gasteiger partial charge in [-0.15, -0.1) is 0 Å². The van der Waals surface area contributed by atoms with E-state index in [1.54, 1.807) is 37.3 Å². The Bertz CT molecular complexity index is 1620. The zero-order valence-corrected chi connectivity index (χ0v) is 20.7. The molecule has 0 saturated carbocycles. The molecule has 1 atom stereocenters. The van der Waals surface area contributed by atoms with Crippen LogP contribution in [0.25, 0.3) is 11.0 Å². The van der Waals surface area contributed by atoms with Gasteiger partial charge in [0.05, 0.1) is 31.5 Å². The summed E-state index contributed by atoms with van der Waals surface area (Å²) in [6.45, 7) is 1.58. The first-order valence-corrected chi connectivity index (χ1v) is 11.8. The topological polar surface area (TPSA) is 139 Å². The Hall–Kier alpha value is -4.64. The molecular weight excluding hydrogens is 500 g/mol. The van der Waals surface area contributed by atoms with Crippen LogP contribution in [0.4, 0.5) is 5.13 Å². The number of aryl methyl sites for hydroxylation is 1. The number of methoxy groups -OCH3 is 2. The van der Waals surface area contributed by atoms with E-state index in [0.717, 1.165) is 16.2 Å². The molecule has 11 heteroatoms. The molecule has 0 unspecified atom stereocenters. The largest absolute Gasteiger partial charge is 0.508 e. The van der Waals surface area contributed by atoms with Gasteiger partial charge in [-0.1, -0.05) is 35.6 Å². The Balaban J connectivity index is 1.66. The first-order valence-electron chi connectivity index (χ1n) is 11.0. The van der Waals surface area contributed by atoms with Crippen molar-refractivity contribution in [3.63, 3.8) is 0 Å². The monoisotopic (exact) mass is 520 g/mol. The van der Waals surface area contributed by atoms with E-state index in [9.17, 15) is 24.6 Å². The van der Waals surface area contributed by atoms with Gasteiger partial charge in [0, 0.05) is 5.39 Å². The van der Waals surface area contributed by atoms with Crippen LogP contribution in [0, 0.1) is 6.92 Å². The highest BCUT2D eigenvalue weighted by atomic mass is 32.1. The fourth-order valence-electron chi connectivity index (χ4n) is 4.25. The van der Waals surface area contributed by atoms with Gasteiger partial charge in [-0.25, -0.2) is 9.78 Å². The highest BCUT2D eigenvalue weighted by molar-refractivity contribution is 7.17. The molecule has 0 aliphatic carbocycles. The van der Waals surface area contributed by atoms with Gasteiger partial charge in [-0.2, -0.15) is 0 Å². The van der Waals surface area contributed by atoms with Gasteiger partial charge >= 0.3 is 5.97 Å². The molecule has 10 nitrogen and oxygen atoms in total. The summed E-state index contributed by atoms with van der Waals surface area (Å²) >= 11 is 0.884. The van der Waals surface area contributed by atoms with Crippen LogP contribution in [0.2, 0.25) is 0 Å². The van der Waals surface area contributed by atoms with Crippen LogP contribution < -0.4 is 9.64 Å². The molecule has 0 bridgehead atoms. The van der Waals surface area contributed by atoms with Crippen LogP contribution in [-0.4, -0.2) is 47.1 Å². The van der Waals surface area contributed by atoms with Crippen molar-refractivity contribution in [2.75, 3.05) is 19.1 Å². The number of hydrogen-bond acceptors (Lipinski definition) is 10. The van der Waals surface area contributed by atoms with E-state index in [2.05, 4.69) is 4.98 Å². The Morgan fingerprint density at radius 3 is 2.57 bits per heavy atom. The minimum Gasteiger partial charge on any atom is -0.508 e. The van der Waals surface area contributed by atoms with Crippen molar-refractivity contribution in [3.05, 3.63) is 81.8 Å². The smallest absolute Gasteiger partial charge is 0.350 e. The molecule has 1 amide bonds. The summed E-state index contributed by atoms with van der Waals surface area (Å²) in [4.78, 5) is 44.9. The number of aromatic hydroxyl groups is 1. The number of thiazole rings is 1. The maximum Gasteiger partial charge on any atom is 0.350 e. The molecule has 1 aliphatic heterocycles. The van der Waals surface area contributed by atoms with Gasteiger partial charge in [0.25, 0.3) is 5.91 Å². The lowest BCUT2D eigenvalue weighted by Gasteiger charge is -2.24. The number of carbonyl (C=O) groups is 3. The third-order valence-corrected chi connectivity index (χ3v) is 7.09. The van der Waals surface area contributed by atoms with Crippen LogP contribution in [-0.2, 0) is 9.53 Å². The van der Waals surface area contributed by atoms with Crippen LogP contribution >= 0.6 is 11.3 Å². The van der Waals surface area contributed by atoms with Crippen LogP contribution in [0.5, 0.6) is 11.5 Å². The number of aromatic nitrogens is 1. The van der Waals surface area contributed by atoms with Gasteiger partial charge < -0.3 is 24.1 Å². The number of ether oxygens (including phenoxy) is 2. The maximum absolute atomic E-state index is 13.8. The lowest BCUT2D eigenvalue weighted by Crippen LogP contribution is -2.31. The SMILES string of the molecule is COC(=O)c1sc(N2C(=O)C(O)=C(C(=O)c3cc4cccc(OC)c4o3)[C@H]2c2cccc(O)c2)nc1C. The number of benzene rings is 2. The third-order valence-electron chi connectivity index (χ3n) is 5.95. The molecule has 5 rings (SSSR count). The number of rotatable bonds is 6. The van der Waals surface area contributed by atoms with Gasteiger partial charge in [-0.05, 0) is 36.8 Å². The maximum atomic E-state index is 13.8. The molecule has 188 valence electrons. The zero-order chi connectivity index (χ0) is 26.4. The van der Waals surface area contributed by atoms with Crippen molar-refractivity contribution < 1.29 is 38.5 Å². The van der Waals surface area contributed by atoms with Gasteiger partial charge in [0.15, 0.2) is 28.0 Å². The lowest BCUT2D eigenvalue weighted by atomic mass is 9.95. The quantitative estimate of drug-likeness (QED) is 0.278. The van der Waals surface area contributed by atoms with Crippen LogP contribution in [0.1, 0.15) is 37.5 Å². The predicted molar refractivity (Wildman–Crippen MR) is 133 cm³/mol.